The van der Waals surface area contributed by atoms with Crippen LogP contribution in [0.1, 0.15) is 19.8 Å². The molecule has 3 N–H and O–H groups in total. The Morgan fingerprint density at radius 1 is 1.41 bits per heavy atom. The van der Waals surface area contributed by atoms with Crippen molar-refractivity contribution in [3.8, 4) is 0 Å². The molecule has 2 aliphatic rings. The van der Waals surface area contributed by atoms with E-state index in [0.29, 0.717) is 19.6 Å². The van der Waals surface area contributed by atoms with Crippen molar-refractivity contribution in [1.29, 1.82) is 0 Å². The number of primary amides is 1. The maximum atomic E-state index is 12.2. The number of carbonyl (C=O) groups is 2. The third kappa shape index (κ3) is 2.58. The number of nitrogens with zero attached hydrogens (tertiary/aromatic N) is 1. The molecule has 0 aliphatic carbocycles. The number of rotatable bonds is 2. The predicted molar refractivity (Wildman–Crippen MR) is 61.1 cm³/mol. The number of hydrogen-bond donors (Lipinski definition) is 2. The summed E-state index contributed by atoms with van der Waals surface area (Å²) in [5.41, 5.74) is 5.31. The van der Waals surface area contributed by atoms with Gasteiger partial charge < -0.3 is 20.7 Å². The van der Waals surface area contributed by atoms with Crippen molar-refractivity contribution in [3.63, 3.8) is 0 Å². The summed E-state index contributed by atoms with van der Waals surface area (Å²) < 4.78 is 5.54. The van der Waals surface area contributed by atoms with Crippen LogP contribution in [0.25, 0.3) is 0 Å². The molecule has 2 saturated heterocycles. The fraction of sp³-hybridized carbons (Fsp3) is 0.818. The van der Waals surface area contributed by atoms with Gasteiger partial charge in [0.25, 0.3) is 5.91 Å². The molecular weight excluding hydrogens is 222 g/mol. The SMILES string of the molecule is CC1CCC(C(=O)N2CCNCC2C(N)=O)O1. The van der Waals surface area contributed by atoms with E-state index in [1.807, 2.05) is 6.92 Å². The average Bonchev–Trinajstić information content (AvgIpc) is 2.75. The molecule has 17 heavy (non-hydrogen) atoms. The smallest absolute Gasteiger partial charge is 0.252 e. The van der Waals surface area contributed by atoms with E-state index in [1.165, 1.54) is 0 Å². The van der Waals surface area contributed by atoms with Crippen LogP contribution in [0.3, 0.4) is 0 Å². The molecule has 2 fully saturated rings. The van der Waals surface area contributed by atoms with Crippen molar-refractivity contribution in [3.05, 3.63) is 0 Å². The Morgan fingerprint density at radius 3 is 2.76 bits per heavy atom. The Labute approximate surface area is 100 Å². The van der Waals surface area contributed by atoms with Crippen LogP contribution >= 0.6 is 0 Å². The van der Waals surface area contributed by atoms with E-state index in [9.17, 15) is 9.59 Å². The van der Waals surface area contributed by atoms with Gasteiger partial charge in [-0.15, -0.1) is 0 Å². The standard InChI is InChI=1S/C11H19N3O3/c1-7-2-3-9(17-7)11(16)14-5-4-13-6-8(14)10(12)15/h7-9,13H,2-6H2,1H3,(H2,12,15). The van der Waals surface area contributed by atoms with Crippen LogP contribution in [-0.2, 0) is 14.3 Å². The topological polar surface area (TPSA) is 84.7 Å². The van der Waals surface area contributed by atoms with E-state index in [0.717, 1.165) is 12.8 Å². The minimum Gasteiger partial charge on any atom is -0.368 e. The van der Waals surface area contributed by atoms with Crippen molar-refractivity contribution in [2.75, 3.05) is 19.6 Å². The molecule has 6 nitrogen and oxygen atoms in total. The zero-order chi connectivity index (χ0) is 12.4. The molecule has 3 atom stereocenters. The highest BCUT2D eigenvalue weighted by Crippen LogP contribution is 2.22. The minimum absolute atomic E-state index is 0.0975. The highest BCUT2D eigenvalue weighted by Gasteiger charge is 2.37. The van der Waals surface area contributed by atoms with E-state index in [2.05, 4.69) is 5.32 Å². The maximum Gasteiger partial charge on any atom is 0.252 e. The second-order valence-electron chi connectivity index (χ2n) is 4.67. The molecule has 0 aromatic carbocycles. The van der Waals surface area contributed by atoms with Crippen LogP contribution in [-0.4, -0.2) is 54.6 Å². The molecule has 2 rings (SSSR count). The van der Waals surface area contributed by atoms with Gasteiger partial charge in [-0.3, -0.25) is 9.59 Å². The molecular formula is C11H19N3O3. The van der Waals surface area contributed by atoms with E-state index < -0.39 is 18.1 Å². The second kappa shape index (κ2) is 5.01. The van der Waals surface area contributed by atoms with Crippen molar-refractivity contribution < 1.29 is 14.3 Å². The third-order valence-corrected chi connectivity index (χ3v) is 3.36. The zero-order valence-corrected chi connectivity index (χ0v) is 10.0. The first kappa shape index (κ1) is 12.3. The van der Waals surface area contributed by atoms with Crippen molar-refractivity contribution >= 4 is 11.8 Å². The van der Waals surface area contributed by atoms with Crippen LogP contribution < -0.4 is 11.1 Å². The lowest BCUT2D eigenvalue weighted by Crippen LogP contribution is -2.60. The van der Waals surface area contributed by atoms with Crippen LogP contribution in [0.15, 0.2) is 0 Å². The molecule has 3 unspecified atom stereocenters. The zero-order valence-electron chi connectivity index (χ0n) is 10.0. The van der Waals surface area contributed by atoms with E-state index >= 15 is 0 Å². The lowest BCUT2D eigenvalue weighted by atomic mass is 10.1. The normalized spacial score (nSPS) is 33.7. The van der Waals surface area contributed by atoms with Crippen molar-refractivity contribution in [2.45, 2.75) is 38.0 Å². The van der Waals surface area contributed by atoms with Gasteiger partial charge in [0.1, 0.15) is 12.1 Å². The quantitative estimate of drug-likeness (QED) is 0.638. The predicted octanol–water partition coefficient (Wildman–Crippen LogP) is -1.16. The van der Waals surface area contributed by atoms with Gasteiger partial charge in [0.15, 0.2) is 0 Å². The molecule has 0 radical (unpaired) electrons. The fourth-order valence-electron chi connectivity index (χ4n) is 2.39. The van der Waals surface area contributed by atoms with Gasteiger partial charge >= 0.3 is 0 Å². The van der Waals surface area contributed by atoms with Gasteiger partial charge in [0, 0.05) is 19.6 Å². The highest BCUT2D eigenvalue weighted by atomic mass is 16.5. The van der Waals surface area contributed by atoms with Crippen LogP contribution in [0.2, 0.25) is 0 Å². The number of ether oxygens (including phenoxy) is 1. The molecule has 0 spiro atoms. The maximum absolute atomic E-state index is 12.2. The molecule has 0 aromatic rings. The van der Waals surface area contributed by atoms with Crippen LogP contribution in [0.5, 0.6) is 0 Å². The Balaban J connectivity index is 2.03. The Kier molecular flexibility index (Phi) is 3.63. The minimum atomic E-state index is -0.546. The van der Waals surface area contributed by atoms with Gasteiger partial charge in [-0.25, -0.2) is 0 Å². The van der Waals surface area contributed by atoms with Crippen molar-refractivity contribution in [1.82, 2.24) is 10.2 Å². The lowest BCUT2D eigenvalue weighted by Gasteiger charge is -2.35. The largest absolute Gasteiger partial charge is 0.368 e. The summed E-state index contributed by atoms with van der Waals surface area (Å²) >= 11 is 0. The summed E-state index contributed by atoms with van der Waals surface area (Å²) in [6, 6.07) is -0.546. The molecule has 2 heterocycles. The molecule has 2 amide bonds. The first-order valence-electron chi connectivity index (χ1n) is 6.05. The number of nitrogens with two attached hydrogens (primary N) is 1. The monoisotopic (exact) mass is 241 g/mol. The Morgan fingerprint density at radius 2 is 2.18 bits per heavy atom. The molecule has 0 aromatic heterocycles. The van der Waals surface area contributed by atoms with Gasteiger partial charge in [-0.2, -0.15) is 0 Å². The second-order valence-corrected chi connectivity index (χ2v) is 4.67. The Hall–Kier alpha value is -1.14. The van der Waals surface area contributed by atoms with Gasteiger partial charge in [0.2, 0.25) is 5.91 Å². The van der Waals surface area contributed by atoms with Crippen LogP contribution in [0, 0.1) is 0 Å². The number of amides is 2. The molecule has 96 valence electrons. The summed E-state index contributed by atoms with van der Waals surface area (Å²) in [4.78, 5) is 25.1. The third-order valence-electron chi connectivity index (χ3n) is 3.36. The van der Waals surface area contributed by atoms with E-state index in [4.69, 9.17) is 10.5 Å². The van der Waals surface area contributed by atoms with Gasteiger partial charge in [0.05, 0.1) is 6.10 Å². The molecule has 6 heteroatoms. The summed E-state index contributed by atoms with van der Waals surface area (Å²) in [6.45, 7) is 3.60. The molecule has 0 bridgehead atoms. The highest BCUT2D eigenvalue weighted by molar-refractivity contribution is 5.89. The first-order chi connectivity index (χ1) is 8.09. The van der Waals surface area contributed by atoms with Gasteiger partial charge in [-0.05, 0) is 19.8 Å². The number of carbonyl (C=O) groups excluding carboxylic acids is 2. The summed E-state index contributed by atoms with van der Waals surface area (Å²) in [6.07, 6.45) is 1.35. The lowest BCUT2D eigenvalue weighted by molar-refractivity contribution is -0.149. The number of hydrogen-bond acceptors (Lipinski definition) is 4. The van der Waals surface area contributed by atoms with Gasteiger partial charge in [-0.1, -0.05) is 0 Å². The van der Waals surface area contributed by atoms with E-state index in [-0.39, 0.29) is 12.0 Å². The Bertz CT molecular complexity index is 321. The van der Waals surface area contributed by atoms with E-state index in [1.54, 1.807) is 4.90 Å². The van der Waals surface area contributed by atoms with Crippen LogP contribution in [0.4, 0.5) is 0 Å². The summed E-state index contributed by atoms with van der Waals surface area (Å²) in [5.74, 6) is -0.559. The summed E-state index contributed by atoms with van der Waals surface area (Å²) in [5, 5.41) is 3.06. The molecule has 2 aliphatic heterocycles. The average molecular weight is 241 g/mol. The summed E-state index contributed by atoms with van der Waals surface area (Å²) in [7, 11) is 0. The molecule has 0 saturated carbocycles. The van der Waals surface area contributed by atoms with Crippen molar-refractivity contribution in [2.24, 2.45) is 5.73 Å². The number of nitrogens with one attached hydrogen (secondary N) is 1. The number of piperazine rings is 1. The fourth-order valence-corrected chi connectivity index (χ4v) is 2.39. The first-order valence-corrected chi connectivity index (χ1v) is 6.05.